The maximum absolute atomic E-state index is 13.4. The monoisotopic (exact) mass is 570 g/mol. The molecule has 8 heteroatoms. The summed E-state index contributed by atoms with van der Waals surface area (Å²) >= 11 is 0. The fraction of sp³-hybridized carbons (Fsp3) is 0.500. The van der Waals surface area contributed by atoms with E-state index in [0.29, 0.717) is 38.0 Å². The summed E-state index contributed by atoms with van der Waals surface area (Å²) in [5.74, 6) is -0.125. The van der Waals surface area contributed by atoms with Gasteiger partial charge in [0.25, 0.3) is 5.91 Å². The molecule has 40 heavy (non-hydrogen) atoms. The number of aliphatic hydroxyl groups is 1. The number of fused-ring (bicyclic) bond motifs is 1. The van der Waals surface area contributed by atoms with Crippen molar-refractivity contribution in [1.82, 2.24) is 15.2 Å². The topological polar surface area (TPSA) is 109 Å². The fourth-order valence-corrected chi connectivity index (χ4v) is 4.96. The standard InChI is InChI=1S/C32H46N4O3.ClH/c1-5-6-16-34-31(38)23(4)17-30(37)28(33)18-25(22(2)3)19-35-32(39)27-21-36(20-24-12-8-7-9-13-24)29-15-11-10-14-26(27)29;/h7-15,21-23,25,28,30,37H,5-6,16-20,33H2,1-4H3,(H,34,38)(H,35,39);1H. The number of aliphatic hydroxyl groups excluding tert-OH is 1. The van der Waals surface area contributed by atoms with Crippen LogP contribution < -0.4 is 16.4 Å². The first-order valence-corrected chi connectivity index (χ1v) is 14.3. The number of unbranched alkanes of at least 4 members (excludes halogenated alkanes) is 1. The number of benzene rings is 2. The number of rotatable bonds is 15. The van der Waals surface area contributed by atoms with Gasteiger partial charge in [0.1, 0.15) is 0 Å². The molecule has 0 spiro atoms. The zero-order chi connectivity index (χ0) is 28.4. The number of halogens is 1. The van der Waals surface area contributed by atoms with E-state index >= 15 is 0 Å². The number of para-hydroxylation sites is 1. The van der Waals surface area contributed by atoms with Gasteiger partial charge in [-0.15, -0.1) is 12.4 Å². The molecule has 0 radical (unpaired) electrons. The molecule has 0 aliphatic rings. The van der Waals surface area contributed by atoms with E-state index in [2.05, 4.69) is 48.1 Å². The molecule has 0 fully saturated rings. The predicted molar refractivity (Wildman–Crippen MR) is 166 cm³/mol. The lowest BCUT2D eigenvalue weighted by Crippen LogP contribution is -2.42. The lowest BCUT2D eigenvalue weighted by atomic mass is 9.86. The van der Waals surface area contributed by atoms with Crippen LogP contribution >= 0.6 is 12.4 Å². The number of amides is 2. The van der Waals surface area contributed by atoms with Crippen LogP contribution in [0.25, 0.3) is 10.9 Å². The molecule has 1 heterocycles. The largest absolute Gasteiger partial charge is 0.391 e. The van der Waals surface area contributed by atoms with Gasteiger partial charge in [-0.3, -0.25) is 9.59 Å². The Bertz CT molecular complexity index is 1200. The van der Waals surface area contributed by atoms with Crippen molar-refractivity contribution in [2.24, 2.45) is 23.5 Å². The number of nitrogens with two attached hydrogens (primary N) is 1. The Kier molecular flexibility index (Phi) is 13.7. The molecule has 0 aliphatic carbocycles. The van der Waals surface area contributed by atoms with E-state index < -0.39 is 12.1 Å². The third-order valence-corrected chi connectivity index (χ3v) is 7.64. The molecular formula is C32H47ClN4O3. The number of hydrogen-bond donors (Lipinski definition) is 4. The smallest absolute Gasteiger partial charge is 0.253 e. The van der Waals surface area contributed by atoms with Crippen molar-refractivity contribution in [2.45, 2.75) is 72.1 Å². The maximum atomic E-state index is 13.4. The molecule has 3 aromatic rings. The number of nitrogens with zero attached hydrogens (tertiary/aromatic N) is 1. The number of nitrogens with one attached hydrogen (secondary N) is 2. The highest BCUT2D eigenvalue weighted by Crippen LogP contribution is 2.24. The van der Waals surface area contributed by atoms with Gasteiger partial charge in [-0.05, 0) is 42.7 Å². The first kappa shape index (κ1) is 33.3. The molecule has 2 amide bonds. The second kappa shape index (κ2) is 16.4. The Morgan fingerprint density at radius 3 is 2.33 bits per heavy atom. The lowest BCUT2D eigenvalue weighted by Gasteiger charge is -2.28. The van der Waals surface area contributed by atoms with Crippen LogP contribution in [0.3, 0.4) is 0 Å². The van der Waals surface area contributed by atoms with Crippen LogP contribution in [-0.4, -0.2) is 46.7 Å². The maximum Gasteiger partial charge on any atom is 0.253 e. The van der Waals surface area contributed by atoms with Gasteiger partial charge in [0.15, 0.2) is 0 Å². The van der Waals surface area contributed by atoms with E-state index in [1.54, 1.807) is 0 Å². The van der Waals surface area contributed by atoms with Gasteiger partial charge < -0.3 is 26.0 Å². The minimum atomic E-state index is -0.787. The molecule has 0 aliphatic heterocycles. The molecule has 5 N–H and O–H groups in total. The van der Waals surface area contributed by atoms with E-state index in [0.717, 1.165) is 23.7 Å². The third-order valence-electron chi connectivity index (χ3n) is 7.64. The van der Waals surface area contributed by atoms with Gasteiger partial charge in [0.2, 0.25) is 5.91 Å². The fourth-order valence-electron chi connectivity index (χ4n) is 4.96. The Balaban J connectivity index is 0.00000560. The first-order valence-electron chi connectivity index (χ1n) is 14.3. The van der Waals surface area contributed by atoms with Crippen molar-refractivity contribution in [3.05, 3.63) is 71.9 Å². The van der Waals surface area contributed by atoms with Crippen molar-refractivity contribution in [1.29, 1.82) is 0 Å². The van der Waals surface area contributed by atoms with Gasteiger partial charge >= 0.3 is 0 Å². The summed E-state index contributed by atoms with van der Waals surface area (Å²) < 4.78 is 2.12. The van der Waals surface area contributed by atoms with Crippen LogP contribution in [0.1, 0.15) is 69.3 Å². The minimum Gasteiger partial charge on any atom is -0.391 e. The van der Waals surface area contributed by atoms with Gasteiger partial charge in [0, 0.05) is 48.7 Å². The quantitative estimate of drug-likeness (QED) is 0.190. The highest BCUT2D eigenvalue weighted by Gasteiger charge is 2.26. The molecule has 4 atom stereocenters. The molecule has 0 bridgehead atoms. The summed E-state index contributed by atoms with van der Waals surface area (Å²) in [5, 5.41) is 17.7. The summed E-state index contributed by atoms with van der Waals surface area (Å²) in [7, 11) is 0. The Morgan fingerprint density at radius 1 is 0.975 bits per heavy atom. The predicted octanol–water partition coefficient (Wildman–Crippen LogP) is 5.13. The van der Waals surface area contributed by atoms with E-state index in [4.69, 9.17) is 5.73 Å². The number of carbonyl (C=O) groups excluding carboxylic acids is 2. The summed E-state index contributed by atoms with van der Waals surface area (Å²) in [6.07, 6.45) is 3.97. The molecule has 0 saturated heterocycles. The zero-order valence-electron chi connectivity index (χ0n) is 24.3. The third kappa shape index (κ3) is 9.36. The van der Waals surface area contributed by atoms with E-state index in [1.165, 1.54) is 5.56 Å². The summed E-state index contributed by atoms with van der Waals surface area (Å²) in [5.41, 5.74) is 9.24. The SMILES string of the molecule is CCCCNC(=O)C(C)CC(O)C(N)CC(CNC(=O)c1cn(Cc2ccccc2)c2ccccc12)C(C)C.Cl. The second-order valence-corrected chi connectivity index (χ2v) is 11.1. The molecule has 4 unspecified atom stereocenters. The summed E-state index contributed by atoms with van der Waals surface area (Å²) in [6.45, 7) is 9.91. The Labute approximate surface area is 245 Å². The number of carbonyl (C=O) groups is 2. The first-order chi connectivity index (χ1) is 18.7. The summed E-state index contributed by atoms with van der Waals surface area (Å²) in [6, 6.07) is 17.7. The highest BCUT2D eigenvalue weighted by atomic mass is 35.5. The van der Waals surface area contributed by atoms with Crippen LogP contribution in [0.15, 0.2) is 60.8 Å². The van der Waals surface area contributed by atoms with Crippen molar-refractivity contribution >= 4 is 35.1 Å². The van der Waals surface area contributed by atoms with Crippen LogP contribution in [0.2, 0.25) is 0 Å². The van der Waals surface area contributed by atoms with Crippen molar-refractivity contribution in [3.8, 4) is 0 Å². The second-order valence-electron chi connectivity index (χ2n) is 11.1. The van der Waals surface area contributed by atoms with Crippen LogP contribution in [0, 0.1) is 17.8 Å². The van der Waals surface area contributed by atoms with Crippen LogP contribution in [0.4, 0.5) is 0 Å². The van der Waals surface area contributed by atoms with Crippen LogP contribution in [0.5, 0.6) is 0 Å². The Hall–Kier alpha value is -2.87. The lowest BCUT2D eigenvalue weighted by molar-refractivity contribution is -0.125. The number of aromatic nitrogens is 1. The highest BCUT2D eigenvalue weighted by molar-refractivity contribution is 6.07. The molecule has 7 nitrogen and oxygen atoms in total. The molecule has 3 rings (SSSR count). The van der Waals surface area contributed by atoms with Gasteiger partial charge in [0.05, 0.1) is 11.7 Å². The van der Waals surface area contributed by atoms with Gasteiger partial charge in [-0.25, -0.2) is 0 Å². The molecule has 1 aromatic heterocycles. The molecule has 0 saturated carbocycles. The number of hydrogen-bond acceptors (Lipinski definition) is 4. The normalized spacial score (nSPS) is 14.3. The Morgan fingerprint density at radius 2 is 1.65 bits per heavy atom. The van der Waals surface area contributed by atoms with Crippen molar-refractivity contribution < 1.29 is 14.7 Å². The van der Waals surface area contributed by atoms with E-state index in [1.807, 2.05) is 55.6 Å². The average molecular weight is 571 g/mol. The molecule has 2 aromatic carbocycles. The van der Waals surface area contributed by atoms with Crippen molar-refractivity contribution in [2.75, 3.05) is 13.1 Å². The van der Waals surface area contributed by atoms with E-state index in [9.17, 15) is 14.7 Å². The molecule has 220 valence electrons. The van der Waals surface area contributed by atoms with Crippen LogP contribution in [-0.2, 0) is 11.3 Å². The average Bonchev–Trinajstić information content (AvgIpc) is 3.29. The van der Waals surface area contributed by atoms with Crippen molar-refractivity contribution in [3.63, 3.8) is 0 Å². The summed E-state index contributed by atoms with van der Waals surface area (Å²) in [4.78, 5) is 25.7. The zero-order valence-corrected chi connectivity index (χ0v) is 25.1. The van der Waals surface area contributed by atoms with Gasteiger partial charge in [-0.1, -0.05) is 82.6 Å². The minimum absolute atomic E-state index is 0. The van der Waals surface area contributed by atoms with Gasteiger partial charge in [-0.2, -0.15) is 0 Å². The molecular weight excluding hydrogens is 524 g/mol. The van der Waals surface area contributed by atoms with E-state index in [-0.39, 0.29) is 42.0 Å².